The Kier molecular flexibility index (Phi) is 3.34. The average Bonchev–Trinajstić information content (AvgIpc) is 2.26. The molecule has 0 unspecified atom stereocenters. The van der Waals surface area contributed by atoms with E-state index >= 15 is 0 Å². The van der Waals surface area contributed by atoms with E-state index in [1.165, 1.54) is 6.07 Å². The van der Waals surface area contributed by atoms with Gasteiger partial charge in [-0.1, -0.05) is 0 Å². The summed E-state index contributed by atoms with van der Waals surface area (Å²) in [5.74, 6) is -7.12. The summed E-state index contributed by atoms with van der Waals surface area (Å²) in [7, 11) is 0. The third-order valence-electron chi connectivity index (χ3n) is 1.72. The molecule has 0 saturated carbocycles. The summed E-state index contributed by atoms with van der Waals surface area (Å²) in [5.41, 5.74) is -3.07. The van der Waals surface area contributed by atoms with Crippen LogP contribution in [0.2, 0.25) is 0 Å². The summed E-state index contributed by atoms with van der Waals surface area (Å²) in [6, 6.07) is 1.19. The minimum Gasteiger partial charge on any atom is -0.477 e. The fourth-order valence-corrected chi connectivity index (χ4v) is 1.02. The summed E-state index contributed by atoms with van der Waals surface area (Å²) >= 11 is 0. The second-order valence-corrected chi connectivity index (χ2v) is 2.67. The zero-order chi connectivity index (χ0) is 13.2. The van der Waals surface area contributed by atoms with Gasteiger partial charge in [0.25, 0.3) is 0 Å². The first-order valence-electron chi connectivity index (χ1n) is 3.91. The fourth-order valence-electron chi connectivity index (χ4n) is 1.02. The summed E-state index contributed by atoms with van der Waals surface area (Å²) in [4.78, 5) is 10.4. The molecule has 7 heteroatoms. The molecule has 0 amide bonds. The molecule has 0 bridgehead atoms. The number of benzene rings is 1. The molecule has 0 heterocycles. The van der Waals surface area contributed by atoms with Crippen molar-refractivity contribution in [1.82, 2.24) is 0 Å². The van der Waals surface area contributed by atoms with E-state index in [0.717, 1.165) is 0 Å². The molecule has 0 aromatic heterocycles. The maximum atomic E-state index is 13.1. The topological polar surface area (TPSA) is 61.1 Å². The van der Waals surface area contributed by atoms with Gasteiger partial charge in [-0.05, 0) is 5.92 Å². The lowest BCUT2D eigenvalue weighted by Gasteiger charge is -2.04. The standard InChI is InChI=1S/C10HF4NO2/c11-6-4(2-1-3-15)7(12)9(14)5(8(6)13)10(16)17/h(H,16,17). The molecule has 0 aliphatic carbocycles. The van der Waals surface area contributed by atoms with Gasteiger partial charge in [-0.25, -0.2) is 22.4 Å². The smallest absolute Gasteiger partial charge is 0.341 e. The van der Waals surface area contributed by atoms with Gasteiger partial charge in [-0.3, -0.25) is 0 Å². The van der Waals surface area contributed by atoms with Crippen molar-refractivity contribution in [3.8, 4) is 17.9 Å². The van der Waals surface area contributed by atoms with Crippen molar-refractivity contribution in [2.45, 2.75) is 0 Å². The number of hydrogen-bond donors (Lipinski definition) is 1. The minimum atomic E-state index is -2.16. The maximum Gasteiger partial charge on any atom is 0.341 e. The van der Waals surface area contributed by atoms with Crippen molar-refractivity contribution in [3.63, 3.8) is 0 Å². The molecular formula is C10HF4NO2. The highest BCUT2D eigenvalue weighted by Crippen LogP contribution is 2.23. The number of nitrogens with zero attached hydrogens (tertiary/aromatic N) is 1. The van der Waals surface area contributed by atoms with E-state index < -0.39 is 40.4 Å². The van der Waals surface area contributed by atoms with Crippen LogP contribution in [-0.4, -0.2) is 11.1 Å². The SMILES string of the molecule is N#CC#Cc1c(F)c(F)c(C(=O)O)c(F)c1F. The van der Waals surface area contributed by atoms with E-state index in [9.17, 15) is 22.4 Å². The number of aromatic carboxylic acids is 1. The van der Waals surface area contributed by atoms with Gasteiger partial charge in [0.05, 0.1) is 0 Å². The first kappa shape index (κ1) is 12.5. The van der Waals surface area contributed by atoms with E-state index in [0.29, 0.717) is 0 Å². The predicted octanol–water partition coefficient (Wildman–Crippen LogP) is 1.82. The van der Waals surface area contributed by atoms with Gasteiger partial charge in [-0.15, -0.1) is 0 Å². The van der Waals surface area contributed by atoms with E-state index in [4.69, 9.17) is 10.4 Å². The number of carboxylic acid groups (broad SMARTS) is 1. The lowest BCUT2D eigenvalue weighted by molar-refractivity contribution is 0.0683. The van der Waals surface area contributed by atoms with Crippen molar-refractivity contribution < 1.29 is 27.5 Å². The molecule has 0 fully saturated rings. The Hall–Kier alpha value is -2.54. The van der Waals surface area contributed by atoms with Crippen LogP contribution < -0.4 is 0 Å². The van der Waals surface area contributed by atoms with Crippen molar-refractivity contribution >= 4 is 5.97 Å². The Morgan fingerprint density at radius 3 is 1.88 bits per heavy atom. The molecule has 1 aromatic carbocycles. The van der Waals surface area contributed by atoms with Crippen molar-refractivity contribution in [2.75, 3.05) is 0 Å². The number of carboxylic acids is 1. The van der Waals surface area contributed by atoms with Crippen LogP contribution in [0.1, 0.15) is 15.9 Å². The third-order valence-corrected chi connectivity index (χ3v) is 1.72. The van der Waals surface area contributed by atoms with Crippen molar-refractivity contribution in [2.24, 2.45) is 0 Å². The molecule has 1 aromatic rings. The minimum absolute atomic E-state index is 1.19. The Balaban J connectivity index is 3.71. The van der Waals surface area contributed by atoms with Crippen LogP contribution in [0.15, 0.2) is 0 Å². The molecule has 3 nitrogen and oxygen atoms in total. The second-order valence-electron chi connectivity index (χ2n) is 2.67. The van der Waals surface area contributed by atoms with E-state index in [1.54, 1.807) is 11.8 Å². The van der Waals surface area contributed by atoms with Crippen LogP contribution in [0.5, 0.6) is 0 Å². The van der Waals surface area contributed by atoms with Crippen LogP contribution in [-0.2, 0) is 0 Å². The Bertz CT molecular complexity index is 578. The van der Waals surface area contributed by atoms with Gasteiger partial charge in [0.1, 0.15) is 11.1 Å². The number of nitriles is 1. The normalized spacial score (nSPS) is 9.12. The summed E-state index contributed by atoms with van der Waals surface area (Å²) in [6.45, 7) is 0. The number of halogens is 4. The molecule has 1 rings (SSSR count). The van der Waals surface area contributed by atoms with Crippen LogP contribution in [0.3, 0.4) is 0 Å². The Labute approximate surface area is 91.9 Å². The Morgan fingerprint density at radius 2 is 1.53 bits per heavy atom. The highest BCUT2D eigenvalue weighted by molar-refractivity contribution is 5.88. The molecular weight excluding hydrogens is 242 g/mol. The lowest BCUT2D eigenvalue weighted by atomic mass is 10.1. The second kappa shape index (κ2) is 4.54. The summed E-state index contributed by atoms with van der Waals surface area (Å²) < 4.78 is 52.4. The van der Waals surface area contributed by atoms with Crippen LogP contribution >= 0.6 is 0 Å². The highest BCUT2D eigenvalue weighted by Gasteiger charge is 2.28. The van der Waals surface area contributed by atoms with Gasteiger partial charge in [-0.2, -0.15) is 5.26 Å². The van der Waals surface area contributed by atoms with E-state index in [-0.39, 0.29) is 0 Å². The monoisotopic (exact) mass is 243 g/mol. The van der Waals surface area contributed by atoms with Gasteiger partial charge in [0.2, 0.25) is 0 Å². The summed E-state index contributed by atoms with van der Waals surface area (Å²) in [5, 5.41) is 16.4. The van der Waals surface area contributed by atoms with Gasteiger partial charge in [0, 0.05) is 5.92 Å². The zero-order valence-corrected chi connectivity index (χ0v) is 7.81. The quantitative estimate of drug-likeness (QED) is 0.465. The predicted molar refractivity (Wildman–Crippen MR) is 45.7 cm³/mol. The largest absolute Gasteiger partial charge is 0.477 e. The fraction of sp³-hybridized carbons (Fsp3) is 0. The first-order valence-corrected chi connectivity index (χ1v) is 3.91. The van der Waals surface area contributed by atoms with Gasteiger partial charge < -0.3 is 5.11 Å². The van der Waals surface area contributed by atoms with Crippen LogP contribution in [0.4, 0.5) is 17.6 Å². The number of rotatable bonds is 1. The highest BCUT2D eigenvalue weighted by atomic mass is 19.2. The van der Waals surface area contributed by atoms with Crippen LogP contribution in [0.25, 0.3) is 0 Å². The summed E-state index contributed by atoms with van der Waals surface area (Å²) in [6.07, 6.45) is 0. The number of hydrogen-bond acceptors (Lipinski definition) is 2. The van der Waals surface area contributed by atoms with Gasteiger partial charge >= 0.3 is 5.97 Å². The molecule has 17 heavy (non-hydrogen) atoms. The first-order chi connectivity index (χ1) is 7.91. The van der Waals surface area contributed by atoms with Crippen LogP contribution in [0, 0.1) is 46.4 Å². The molecule has 0 saturated heterocycles. The average molecular weight is 243 g/mol. The molecule has 0 spiro atoms. The van der Waals surface area contributed by atoms with E-state index in [1.807, 2.05) is 0 Å². The van der Waals surface area contributed by atoms with Gasteiger partial charge in [0.15, 0.2) is 29.3 Å². The molecule has 0 radical (unpaired) electrons. The third kappa shape index (κ3) is 2.04. The Morgan fingerprint density at radius 1 is 1.06 bits per heavy atom. The van der Waals surface area contributed by atoms with E-state index in [2.05, 4.69) is 0 Å². The molecule has 0 atom stereocenters. The number of carbonyl (C=O) groups is 1. The van der Waals surface area contributed by atoms with Crippen molar-refractivity contribution in [1.29, 1.82) is 5.26 Å². The molecule has 0 aliphatic rings. The molecule has 1 N–H and O–H groups in total. The zero-order valence-electron chi connectivity index (χ0n) is 7.81. The lowest BCUT2D eigenvalue weighted by Crippen LogP contribution is -2.11. The van der Waals surface area contributed by atoms with Crippen molar-refractivity contribution in [3.05, 3.63) is 34.4 Å². The molecule has 0 aliphatic heterocycles. The molecule has 86 valence electrons. The maximum absolute atomic E-state index is 13.1.